The zero-order chi connectivity index (χ0) is 12.0. The first-order valence-electron chi connectivity index (χ1n) is 6.71. The van der Waals surface area contributed by atoms with E-state index >= 15 is 0 Å². The average molecular weight is 228 g/mol. The van der Waals surface area contributed by atoms with Crippen LogP contribution >= 0.6 is 0 Å². The van der Waals surface area contributed by atoms with Crippen LogP contribution in [0.5, 0.6) is 0 Å². The van der Waals surface area contributed by atoms with Crippen molar-refractivity contribution in [1.82, 2.24) is 5.43 Å². The highest BCUT2D eigenvalue weighted by Crippen LogP contribution is 2.37. The SMILES string of the molecule is CCCC(C)C(NN)C1(OC)CCCCC1. The van der Waals surface area contributed by atoms with Gasteiger partial charge in [-0.15, -0.1) is 0 Å². The molecule has 3 heteroatoms. The molecule has 96 valence electrons. The Morgan fingerprint density at radius 1 is 1.31 bits per heavy atom. The minimum absolute atomic E-state index is 0.0262. The van der Waals surface area contributed by atoms with Crippen molar-refractivity contribution in [3.63, 3.8) is 0 Å². The zero-order valence-electron chi connectivity index (χ0n) is 11.1. The van der Waals surface area contributed by atoms with Crippen molar-refractivity contribution in [1.29, 1.82) is 0 Å². The molecule has 0 aromatic heterocycles. The molecule has 1 rings (SSSR count). The number of nitrogens with two attached hydrogens (primary N) is 1. The molecule has 1 fully saturated rings. The highest BCUT2D eigenvalue weighted by Gasteiger charge is 2.41. The topological polar surface area (TPSA) is 47.3 Å². The van der Waals surface area contributed by atoms with Gasteiger partial charge in [0.15, 0.2) is 0 Å². The van der Waals surface area contributed by atoms with Gasteiger partial charge < -0.3 is 4.74 Å². The van der Waals surface area contributed by atoms with E-state index in [0.717, 1.165) is 12.8 Å². The third-order valence-corrected chi connectivity index (χ3v) is 4.17. The molecule has 0 aliphatic heterocycles. The van der Waals surface area contributed by atoms with Crippen LogP contribution in [0.4, 0.5) is 0 Å². The molecule has 0 aromatic rings. The van der Waals surface area contributed by atoms with Gasteiger partial charge in [-0.2, -0.15) is 0 Å². The summed E-state index contributed by atoms with van der Waals surface area (Å²) < 4.78 is 5.86. The molecule has 2 atom stereocenters. The molecule has 0 spiro atoms. The molecule has 0 heterocycles. The second-order valence-corrected chi connectivity index (χ2v) is 5.24. The number of hydrogen-bond donors (Lipinski definition) is 2. The van der Waals surface area contributed by atoms with Crippen LogP contribution in [-0.4, -0.2) is 18.8 Å². The Bertz CT molecular complexity index is 190. The van der Waals surface area contributed by atoms with Crippen LogP contribution < -0.4 is 11.3 Å². The van der Waals surface area contributed by atoms with E-state index in [1.807, 2.05) is 7.11 Å². The van der Waals surface area contributed by atoms with Crippen molar-refractivity contribution >= 4 is 0 Å². The fourth-order valence-corrected chi connectivity index (χ4v) is 3.25. The van der Waals surface area contributed by atoms with Gasteiger partial charge in [0.25, 0.3) is 0 Å². The number of nitrogens with one attached hydrogen (secondary N) is 1. The second kappa shape index (κ2) is 6.58. The zero-order valence-corrected chi connectivity index (χ0v) is 11.1. The highest BCUT2D eigenvalue weighted by atomic mass is 16.5. The fraction of sp³-hybridized carbons (Fsp3) is 1.00. The quantitative estimate of drug-likeness (QED) is 0.542. The van der Waals surface area contributed by atoms with E-state index in [1.54, 1.807) is 0 Å². The Morgan fingerprint density at radius 2 is 1.94 bits per heavy atom. The van der Waals surface area contributed by atoms with E-state index in [0.29, 0.717) is 5.92 Å². The third-order valence-electron chi connectivity index (χ3n) is 4.17. The standard InChI is InChI=1S/C13H28N2O/c1-4-8-11(2)12(15-14)13(16-3)9-6-5-7-10-13/h11-12,15H,4-10,14H2,1-3H3. The Balaban J connectivity index is 2.72. The van der Waals surface area contributed by atoms with Crippen LogP contribution in [0.2, 0.25) is 0 Å². The maximum atomic E-state index is 5.86. The number of hydrogen-bond acceptors (Lipinski definition) is 3. The average Bonchev–Trinajstić information content (AvgIpc) is 2.31. The van der Waals surface area contributed by atoms with Crippen LogP contribution in [0.1, 0.15) is 58.8 Å². The van der Waals surface area contributed by atoms with Crippen molar-refractivity contribution in [2.45, 2.75) is 70.4 Å². The molecule has 1 aliphatic rings. The van der Waals surface area contributed by atoms with E-state index in [4.69, 9.17) is 10.6 Å². The molecule has 0 amide bonds. The third kappa shape index (κ3) is 2.96. The molecule has 1 aliphatic carbocycles. The lowest BCUT2D eigenvalue weighted by Crippen LogP contribution is -2.58. The van der Waals surface area contributed by atoms with Crippen molar-refractivity contribution in [3.05, 3.63) is 0 Å². The van der Waals surface area contributed by atoms with Gasteiger partial charge in [-0.05, 0) is 25.2 Å². The lowest BCUT2D eigenvalue weighted by molar-refractivity contribution is -0.0808. The van der Waals surface area contributed by atoms with Gasteiger partial charge in [-0.25, -0.2) is 0 Å². The van der Waals surface area contributed by atoms with Crippen LogP contribution in [0.25, 0.3) is 0 Å². The molecule has 0 aromatic carbocycles. The molecular formula is C13H28N2O. The Kier molecular flexibility index (Phi) is 5.73. The van der Waals surface area contributed by atoms with E-state index in [-0.39, 0.29) is 11.6 Å². The van der Waals surface area contributed by atoms with Crippen LogP contribution in [0.3, 0.4) is 0 Å². The molecule has 2 unspecified atom stereocenters. The Morgan fingerprint density at radius 3 is 2.38 bits per heavy atom. The Labute approximate surface area is 100 Å². The lowest BCUT2D eigenvalue weighted by Gasteiger charge is -2.44. The van der Waals surface area contributed by atoms with Gasteiger partial charge in [0.2, 0.25) is 0 Å². The monoisotopic (exact) mass is 228 g/mol. The minimum Gasteiger partial charge on any atom is -0.377 e. The number of rotatable bonds is 6. The van der Waals surface area contributed by atoms with Crippen molar-refractivity contribution in [3.8, 4) is 0 Å². The van der Waals surface area contributed by atoms with Crippen molar-refractivity contribution < 1.29 is 4.74 Å². The summed E-state index contributed by atoms with van der Waals surface area (Å²) in [7, 11) is 1.84. The first kappa shape index (κ1) is 13.9. The second-order valence-electron chi connectivity index (χ2n) is 5.24. The fourth-order valence-electron chi connectivity index (χ4n) is 3.25. The van der Waals surface area contributed by atoms with Crippen LogP contribution in [0, 0.1) is 5.92 Å². The molecule has 0 bridgehead atoms. The van der Waals surface area contributed by atoms with Gasteiger partial charge in [-0.1, -0.05) is 39.5 Å². The number of methoxy groups -OCH3 is 1. The molecule has 3 nitrogen and oxygen atoms in total. The number of hydrazine groups is 1. The first-order chi connectivity index (χ1) is 7.70. The summed E-state index contributed by atoms with van der Waals surface area (Å²) in [4.78, 5) is 0. The van der Waals surface area contributed by atoms with Gasteiger partial charge in [-0.3, -0.25) is 11.3 Å². The van der Waals surface area contributed by atoms with E-state index < -0.39 is 0 Å². The molecule has 16 heavy (non-hydrogen) atoms. The molecule has 0 radical (unpaired) electrons. The smallest absolute Gasteiger partial charge is 0.0847 e. The summed E-state index contributed by atoms with van der Waals surface area (Å²) >= 11 is 0. The molecule has 0 saturated heterocycles. The first-order valence-corrected chi connectivity index (χ1v) is 6.71. The van der Waals surface area contributed by atoms with Gasteiger partial charge in [0, 0.05) is 7.11 Å². The highest BCUT2D eigenvalue weighted by molar-refractivity contribution is 4.96. The largest absolute Gasteiger partial charge is 0.377 e. The predicted molar refractivity (Wildman–Crippen MR) is 68.0 cm³/mol. The van der Waals surface area contributed by atoms with E-state index in [1.165, 1.54) is 32.1 Å². The van der Waals surface area contributed by atoms with Crippen molar-refractivity contribution in [2.24, 2.45) is 11.8 Å². The van der Waals surface area contributed by atoms with Crippen molar-refractivity contribution in [2.75, 3.05) is 7.11 Å². The predicted octanol–water partition coefficient (Wildman–Crippen LogP) is 2.60. The molecule has 1 saturated carbocycles. The minimum atomic E-state index is -0.0262. The van der Waals surface area contributed by atoms with E-state index in [2.05, 4.69) is 19.3 Å². The summed E-state index contributed by atoms with van der Waals surface area (Å²) in [5.41, 5.74) is 3.00. The van der Waals surface area contributed by atoms with Gasteiger partial charge >= 0.3 is 0 Å². The molecular weight excluding hydrogens is 200 g/mol. The maximum absolute atomic E-state index is 5.86. The van der Waals surface area contributed by atoms with E-state index in [9.17, 15) is 0 Å². The normalized spacial score (nSPS) is 24.0. The Hall–Kier alpha value is -0.120. The molecule has 3 N–H and O–H groups in total. The van der Waals surface area contributed by atoms with Crippen LogP contribution in [-0.2, 0) is 4.74 Å². The van der Waals surface area contributed by atoms with Gasteiger partial charge in [0.05, 0.1) is 11.6 Å². The lowest BCUT2D eigenvalue weighted by atomic mass is 9.74. The maximum Gasteiger partial charge on any atom is 0.0847 e. The summed E-state index contributed by atoms with van der Waals surface area (Å²) in [6.45, 7) is 4.51. The number of ether oxygens (including phenoxy) is 1. The summed E-state index contributed by atoms with van der Waals surface area (Å²) in [6, 6.07) is 0.290. The van der Waals surface area contributed by atoms with Crippen LogP contribution in [0.15, 0.2) is 0 Å². The summed E-state index contributed by atoms with van der Waals surface area (Å²) in [5, 5.41) is 0. The summed E-state index contributed by atoms with van der Waals surface area (Å²) in [5.74, 6) is 6.34. The summed E-state index contributed by atoms with van der Waals surface area (Å²) in [6.07, 6.45) is 8.58. The van der Waals surface area contributed by atoms with Gasteiger partial charge in [0.1, 0.15) is 0 Å².